The lowest BCUT2D eigenvalue weighted by atomic mass is 10.1. The first kappa shape index (κ1) is 18.5. The number of rotatable bonds is 3. The van der Waals surface area contributed by atoms with Gasteiger partial charge in [0, 0.05) is 17.5 Å². The van der Waals surface area contributed by atoms with Crippen molar-refractivity contribution in [1.29, 1.82) is 0 Å². The van der Waals surface area contributed by atoms with Gasteiger partial charge < -0.3 is 15.8 Å². The fraction of sp³-hybridized carbons (Fsp3) is 0.389. The Morgan fingerprint density at radius 2 is 1.84 bits per heavy atom. The highest BCUT2D eigenvalue weighted by atomic mass is 16.6. The van der Waals surface area contributed by atoms with E-state index >= 15 is 0 Å². The molecule has 1 heterocycles. The minimum absolute atomic E-state index is 0.318. The summed E-state index contributed by atoms with van der Waals surface area (Å²) in [5.74, 6) is -0.853. The van der Waals surface area contributed by atoms with Gasteiger partial charge in [0.2, 0.25) is 11.8 Å². The normalized spacial score (nSPS) is 17.1. The van der Waals surface area contributed by atoms with Crippen molar-refractivity contribution in [3.63, 3.8) is 0 Å². The molecule has 134 valence electrons. The quantitative estimate of drug-likeness (QED) is 0.879. The van der Waals surface area contributed by atoms with Gasteiger partial charge in [-0.15, -0.1) is 0 Å². The van der Waals surface area contributed by atoms with Crippen LogP contribution >= 0.6 is 0 Å². The molecule has 1 aliphatic heterocycles. The van der Waals surface area contributed by atoms with E-state index in [9.17, 15) is 14.4 Å². The van der Waals surface area contributed by atoms with Crippen LogP contribution in [0.15, 0.2) is 36.5 Å². The van der Waals surface area contributed by atoms with E-state index in [0.29, 0.717) is 24.1 Å². The fourth-order valence-electron chi connectivity index (χ4n) is 2.39. The molecule has 0 saturated heterocycles. The number of primary amides is 1. The van der Waals surface area contributed by atoms with Gasteiger partial charge in [-0.2, -0.15) is 0 Å². The van der Waals surface area contributed by atoms with E-state index in [4.69, 9.17) is 10.5 Å². The van der Waals surface area contributed by atoms with E-state index in [2.05, 4.69) is 5.32 Å². The average Bonchev–Trinajstić information content (AvgIpc) is 2.53. The van der Waals surface area contributed by atoms with E-state index in [-0.39, 0.29) is 5.91 Å². The lowest BCUT2D eigenvalue weighted by Gasteiger charge is -2.32. The smallest absolute Gasteiger partial charge is 0.415 e. The molecule has 0 saturated carbocycles. The van der Waals surface area contributed by atoms with Crippen LogP contribution < -0.4 is 11.1 Å². The molecular formula is C18H23N3O4. The number of nitrogens with zero attached hydrogens (tertiary/aromatic N) is 1. The van der Waals surface area contributed by atoms with Crippen molar-refractivity contribution in [2.75, 3.05) is 5.32 Å². The predicted molar refractivity (Wildman–Crippen MR) is 93.8 cm³/mol. The lowest BCUT2D eigenvalue weighted by molar-refractivity contribution is -0.120. The Hall–Kier alpha value is -2.83. The van der Waals surface area contributed by atoms with Gasteiger partial charge in [-0.3, -0.25) is 14.5 Å². The molecule has 25 heavy (non-hydrogen) atoms. The maximum absolute atomic E-state index is 12.6. The van der Waals surface area contributed by atoms with Crippen LogP contribution in [0.25, 0.3) is 0 Å². The minimum Gasteiger partial charge on any atom is -0.443 e. The molecule has 0 spiro atoms. The second kappa shape index (κ2) is 7.38. The molecule has 0 radical (unpaired) electrons. The highest BCUT2D eigenvalue weighted by molar-refractivity contribution is 5.98. The SMILES string of the molecule is CC(C)(C)OC(=O)N1C=CCCC1C(=O)Nc1ccc(C(N)=O)cc1. The van der Waals surface area contributed by atoms with Gasteiger partial charge in [0.1, 0.15) is 11.6 Å². The number of carbonyl (C=O) groups is 3. The van der Waals surface area contributed by atoms with Crippen LogP contribution in [-0.4, -0.2) is 34.5 Å². The molecule has 7 nitrogen and oxygen atoms in total. The number of amides is 3. The number of ether oxygens (including phenoxy) is 1. The van der Waals surface area contributed by atoms with Crippen LogP contribution in [0.5, 0.6) is 0 Å². The molecule has 0 bridgehead atoms. The third-order valence-electron chi connectivity index (χ3n) is 3.55. The summed E-state index contributed by atoms with van der Waals surface area (Å²) in [5, 5.41) is 2.75. The number of anilines is 1. The van der Waals surface area contributed by atoms with Gasteiger partial charge in [-0.05, 0) is 57.9 Å². The Morgan fingerprint density at radius 1 is 1.20 bits per heavy atom. The summed E-state index contributed by atoms with van der Waals surface area (Å²) in [6.45, 7) is 5.32. The minimum atomic E-state index is -0.657. The van der Waals surface area contributed by atoms with Gasteiger partial charge in [0.15, 0.2) is 0 Å². The largest absolute Gasteiger partial charge is 0.443 e. The van der Waals surface area contributed by atoms with Crippen molar-refractivity contribution in [2.45, 2.75) is 45.3 Å². The molecule has 0 aromatic heterocycles. The Labute approximate surface area is 146 Å². The summed E-state index contributed by atoms with van der Waals surface area (Å²) in [5.41, 5.74) is 5.42. The molecule has 7 heteroatoms. The summed E-state index contributed by atoms with van der Waals surface area (Å²) in [7, 11) is 0. The Balaban J connectivity index is 2.09. The van der Waals surface area contributed by atoms with Crippen molar-refractivity contribution in [3.8, 4) is 0 Å². The topological polar surface area (TPSA) is 102 Å². The Bertz CT molecular complexity index is 689. The molecule has 1 aromatic carbocycles. The number of hydrogen-bond acceptors (Lipinski definition) is 4. The van der Waals surface area contributed by atoms with Crippen LogP contribution in [-0.2, 0) is 9.53 Å². The van der Waals surface area contributed by atoms with E-state index in [0.717, 1.165) is 0 Å². The van der Waals surface area contributed by atoms with E-state index in [1.165, 1.54) is 17.0 Å². The first-order chi connectivity index (χ1) is 11.7. The van der Waals surface area contributed by atoms with E-state index < -0.39 is 23.6 Å². The standard InChI is InChI=1S/C18H23N3O4/c1-18(2,3)25-17(24)21-11-5-4-6-14(21)16(23)20-13-9-7-12(8-10-13)15(19)22/h5,7-11,14H,4,6H2,1-3H3,(H2,19,22)(H,20,23). The summed E-state index contributed by atoms with van der Waals surface area (Å²) in [6.07, 6.45) is 4.04. The number of nitrogens with two attached hydrogens (primary N) is 1. The third-order valence-corrected chi connectivity index (χ3v) is 3.55. The highest BCUT2D eigenvalue weighted by Crippen LogP contribution is 2.21. The second-order valence-electron chi connectivity index (χ2n) is 6.80. The van der Waals surface area contributed by atoms with Crippen molar-refractivity contribution >= 4 is 23.6 Å². The maximum Gasteiger partial charge on any atom is 0.415 e. The molecule has 1 atom stereocenters. The zero-order valence-corrected chi connectivity index (χ0v) is 14.6. The van der Waals surface area contributed by atoms with Gasteiger partial charge in [0.05, 0.1) is 0 Å². The number of allylic oxidation sites excluding steroid dienone is 1. The van der Waals surface area contributed by atoms with E-state index in [1.54, 1.807) is 39.1 Å². The molecule has 0 fully saturated rings. The first-order valence-electron chi connectivity index (χ1n) is 8.06. The summed E-state index contributed by atoms with van der Waals surface area (Å²) < 4.78 is 5.35. The first-order valence-corrected chi connectivity index (χ1v) is 8.06. The second-order valence-corrected chi connectivity index (χ2v) is 6.80. The molecular weight excluding hydrogens is 322 g/mol. The van der Waals surface area contributed by atoms with Gasteiger partial charge in [-0.25, -0.2) is 4.79 Å². The molecule has 3 N–H and O–H groups in total. The number of nitrogens with one attached hydrogen (secondary N) is 1. The third kappa shape index (κ3) is 5.07. The molecule has 2 rings (SSSR count). The van der Waals surface area contributed by atoms with Crippen LogP contribution in [0, 0.1) is 0 Å². The Morgan fingerprint density at radius 3 is 2.40 bits per heavy atom. The van der Waals surface area contributed by atoms with Crippen molar-refractivity contribution in [1.82, 2.24) is 4.90 Å². The molecule has 3 amide bonds. The van der Waals surface area contributed by atoms with Crippen LogP contribution in [0.3, 0.4) is 0 Å². The monoisotopic (exact) mass is 345 g/mol. The zero-order valence-electron chi connectivity index (χ0n) is 14.6. The number of hydrogen-bond donors (Lipinski definition) is 2. The zero-order chi connectivity index (χ0) is 18.6. The lowest BCUT2D eigenvalue weighted by Crippen LogP contribution is -2.47. The van der Waals surface area contributed by atoms with Crippen LogP contribution in [0.1, 0.15) is 44.0 Å². The predicted octanol–water partition coefficient (Wildman–Crippen LogP) is 2.64. The highest BCUT2D eigenvalue weighted by Gasteiger charge is 2.32. The number of carbonyl (C=O) groups excluding carboxylic acids is 3. The van der Waals surface area contributed by atoms with Gasteiger partial charge in [0.25, 0.3) is 0 Å². The summed E-state index contributed by atoms with van der Waals surface area (Å²) in [4.78, 5) is 37.3. The molecule has 1 aliphatic rings. The molecule has 1 aromatic rings. The molecule has 1 unspecified atom stereocenters. The fourth-order valence-corrected chi connectivity index (χ4v) is 2.39. The average molecular weight is 345 g/mol. The maximum atomic E-state index is 12.6. The van der Waals surface area contributed by atoms with Crippen molar-refractivity contribution in [3.05, 3.63) is 42.1 Å². The van der Waals surface area contributed by atoms with Crippen molar-refractivity contribution in [2.24, 2.45) is 5.73 Å². The van der Waals surface area contributed by atoms with Crippen LogP contribution in [0.2, 0.25) is 0 Å². The van der Waals surface area contributed by atoms with Gasteiger partial charge in [-0.1, -0.05) is 6.08 Å². The summed E-state index contributed by atoms with van der Waals surface area (Å²) in [6, 6.07) is 5.59. The van der Waals surface area contributed by atoms with Gasteiger partial charge >= 0.3 is 6.09 Å². The van der Waals surface area contributed by atoms with Crippen LogP contribution in [0.4, 0.5) is 10.5 Å². The van der Waals surface area contributed by atoms with Crippen molar-refractivity contribution < 1.29 is 19.1 Å². The molecule has 0 aliphatic carbocycles. The Kier molecular flexibility index (Phi) is 5.46. The van der Waals surface area contributed by atoms with E-state index in [1.807, 2.05) is 6.08 Å². The number of benzene rings is 1. The summed E-state index contributed by atoms with van der Waals surface area (Å²) >= 11 is 0.